The van der Waals surface area contributed by atoms with Crippen LogP contribution in [0.25, 0.3) is 0 Å². The van der Waals surface area contributed by atoms with Crippen molar-refractivity contribution >= 4 is 5.97 Å². The molecule has 1 aliphatic rings. The van der Waals surface area contributed by atoms with Crippen molar-refractivity contribution in [1.29, 1.82) is 0 Å². The molecule has 94 valence electrons. The van der Waals surface area contributed by atoms with E-state index in [0.717, 1.165) is 17.8 Å². The molecule has 1 aliphatic carbocycles. The van der Waals surface area contributed by atoms with Crippen LogP contribution >= 0.6 is 0 Å². The SMILES string of the molecule is Cc1ccc(C)n1C(CC1CCCC1)C(=O)O. The zero-order chi connectivity index (χ0) is 12.4. The van der Waals surface area contributed by atoms with Crippen molar-refractivity contribution in [1.82, 2.24) is 4.57 Å². The Bertz CT molecular complexity index is 383. The summed E-state index contributed by atoms with van der Waals surface area (Å²) in [7, 11) is 0. The topological polar surface area (TPSA) is 42.2 Å². The maximum Gasteiger partial charge on any atom is 0.326 e. The van der Waals surface area contributed by atoms with E-state index in [9.17, 15) is 9.90 Å². The molecule has 0 bridgehead atoms. The quantitative estimate of drug-likeness (QED) is 0.870. The van der Waals surface area contributed by atoms with Crippen LogP contribution in [0.4, 0.5) is 0 Å². The van der Waals surface area contributed by atoms with E-state index < -0.39 is 5.97 Å². The molecule has 0 radical (unpaired) electrons. The van der Waals surface area contributed by atoms with Crippen LogP contribution in [-0.4, -0.2) is 15.6 Å². The first-order valence-corrected chi connectivity index (χ1v) is 6.47. The summed E-state index contributed by atoms with van der Waals surface area (Å²) in [6, 6.07) is 3.62. The van der Waals surface area contributed by atoms with Gasteiger partial charge >= 0.3 is 5.97 Å². The molecule has 1 heterocycles. The number of hydrogen-bond donors (Lipinski definition) is 1. The van der Waals surface area contributed by atoms with E-state index in [2.05, 4.69) is 0 Å². The van der Waals surface area contributed by atoms with Crippen molar-refractivity contribution in [3.63, 3.8) is 0 Å². The summed E-state index contributed by atoms with van der Waals surface area (Å²) in [5, 5.41) is 9.43. The van der Waals surface area contributed by atoms with Gasteiger partial charge in [0.25, 0.3) is 0 Å². The van der Waals surface area contributed by atoms with Gasteiger partial charge < -0.3 is 9.67 Å². The Kier molecular flexibility index (Phi) is 3.55. The monoisotopic (exact) mass is 235 g/mol. The lowest BCUT2D eigenvalue weighted by molar-refractivity contribution is -0.141. The lowest BCUT2D eigenvalue weighted by Gasteiger charge is -2.21. The summed E-state index contributed by atoms with van der Waals surface area (Å²) >= 11 is 0. The second-order valence-electron chi connectivity index (χ2n) is 5.23. The summed E-state index contributed by atoms with van der Waals surface area (Å²) in [5.74, 6) is -0.100. The molecule has 0 aliphatic heterocycles. The highest BCUT2D eigenvalue weighted by atomic mass is 16.4. The van der Waals surface area contributed by atoms with Crippen molar-refractivity contribution < 1.29 is 9.90 Å². The molecule has 1 atom stereocenters. The van der Waals surface area contributed by atoms with Crippen molar-refractivity contribution in [2.24, 2.45) is 5.92 Å². The molecule has 3 heteroatoms. The van der Waals surface area contributed by atoms with Crippen molar-refractivity contribution in [3.8, 4) is 0 Å². The Balaban J connectivity index is 2.19. The number of carboxylic acids is 1. The molecular weight excluding hydrogens is 214 g/mol. The van der Waals surface area contributed by atoms with Crippen molar-refractivity contribution in [2.75, 3.05) is 0 Å². The molecule has 0 saturated heterocycles. The molecule has 1 unspecified atom stereocenters. The van der Waals surface area contributed by atoms with Gasteiger partial charge in [-0.05, 0) is 38.3 Å². The zero-order valence-electron chi connectivity index (χ0n) is 10.6. The van der Waals surface area contributed by atoms with Gasteiger partial charge in [-0.1, -0.05) is 25.7 Å². The van der Waals surface area contributed by atoms with Gasteiger partial charge in [-0.2, -0.15) is 0 Å². The number of aromatic nitrogens is 1. The van der Waals surface area contributed by atoms with Crippen LogP contribution in [0.3, 0.4) is 0 Å². The summed E-state index contributed by atoms with van der Waals surface area (Å²) in [6.45, 7) is 3.97. The molecule has 0 aromatic carbocycles. The third-order valence-corrected chi connectivity index (χ3v) is 3.95. The van der Waals surface area contributed by atoms with Crippen LogP contribution in [0, 0.1) is 19.8 Å². The molecule has 1 saturated carbocycles. The van der Waals surface area contributed by atoms with Gasteiger partial charge in [-0.25, -0.2) is 4.79 Å². The van der Waals surface area contributed by atoms with Crippen LogP contribution in [-0.2, 0) is 4.79 Å². The molecule has 1 aromatic rings. The summed E-state index contributed by atoms with van der Waals surface area (Å²) in [5.41, 5.74) is 2.10. The predicted octanol–water partition coefficient (Wildman–Crippen LogP) is 3.31. The first kappa shape index (κ1) is 12.2. The maximum absolute atomic E-state index is 11.5. The van der Waals surface area contributed by atoms with Crippen LogP contribution in [0.5, 0.6) is 0 Å². The largest absolute Gasteiger partial charge is 0.480 e. The van der Waals surface area contributed by atoms with Crippen LogP contribution in [0.15, 0.2) is 12.1 Å². The lowest BCUT2D eigenvalue weighted by Crippen LogP contribution is -2.23. The minimum atomic E-state index is -0.695. The second-order valence-corrected chi connectivity index (χ2v) is 5.23. The first-order valence-electron chi connectivity index (χ1n) is 6.47. The number of aryl methyl sites for hydroxylation is 2. The fraction of sp³-hybridized carbons (Fsp3) is 0.643. The van der Waals surface area contributed by atoms with Gasteiger partial charge in [0, 0.05) is 11.4 Å². The Labute approximate surface area is 102 Å². The van der Waals surface area contributed by atoms with Crippen LogP contribution in [0.2, 0.25) is 0 Å². The van der Waals surface area contributed by atoms with E-state index in [-0.39, 0.29) is 6.04 Å². The molecule has 17 heavy (non-hydrogen) atoms. The number of rotatable bonds is 4. The average Bonchev–Trinajstić information content (AvgIpc) is 2.87. The Hall–Kier alpha value is -1.25. The molecular formula is C14H21NO2. The Morgan fingerprint density at radius 2 is 1.88 bits per heavy atom. The molecule has 2 rings (SSSR count). The van der Waals surface area contributed by atoms with Gasteiger partial charge in [0.1, 0.15) is 6.04 Å². The molecule has 1 fully saturated rings. The molecule has 0 spiro atoms. The van der Waals surface area contributed by atoms with Gasteiger partial charge in [0.15, 0.2) is 0 Å². The van der Waals surface area contributed by atoms with E-state index in [0.29, 0.717) is 5.92 Å². The van der Waals surface area contributed by atoms with E-state index in [1.807, 2.05) is 30.5 Å². The third kappa shape index (κ3) is 2.54. The van der Waals surface area contributed by atoms with Crippen LogP contribution < -0.4 is 0 Å². The van der Waals surface area contributed by atoms with Crippen LogP contribution in [0.1, 0.15) is 49.5 Å². The highest BCUT2D eigenvalue weighted by Crippen LogP contribution is 2.33. The number of carboxylic acid groups (broad SMARTS) is 1. The zero-order valence-corrected chi connectivity index (χ0v) is 10.6. The normalized spacial score (nSPS) is 18.5. The minimum Gasteiger partial charge on any atom is -0.480 e. The standard InChI is InChI=1S/C14H21NO2/c1-10-7-8-11(2)15(10)13(14(16)17)9-12-5-3-4-6-12/h7-8,12-13H,3-6,9H2,1-2H3,(H,16,17). The minimum absolute atomic E-state index is 0.381. The summed E-state index contributed by atoms with van der Waals surface area (Å²) in [6.07, 6.45) is 5.71. The lowest BCUT2D eigenvalue weighted by atomic mass is 9.98. The van der Waals surface area contributed by atoms with Crippen molar-refractivity contribution in [3.05, 3.63) is 23.5 Å². The van der Waals surface area contributed by atoms with Gasteiger partial charge in [-0.15, -0.1) is 0 Å². The van der Waals surface area contributed by atoms with Crippen molar-refractivity contribution in [2.45, 2.75) is 52.0 Å². The molecule has 3 nitrogen and oxygen atoms in total. The number of hydrogen-bond acceptors (Lipinski definition) is 1. The fourth-order valence-electron chi connectivity index (χ4n) is 3.05. The average molecular weight is 235 g/mol. The highest BCUT2D eigenvalue weighted by molar-refractivity contribution is 5.72. The number of aliphatic carboxylic acids is 1. The van der Waals surface area contributed by atoms with E-state index in [4.69, 9.17) is 0 Å². The first-order chi connectivity index (χ1) is 8.09. The summed E-state index contributed by atoms with van der Waals surface area (Å²) in [4.78, 5) is 11.5. The third-order valence-electron chi connectivity index (χ3n) is 3.95. The van der Waals surface area contributed by atoms with Gasteiger partial charge in [0.05, 0.1) is 0 Å². The fourth-order valence-corrected chi connectivity index (χ4v) is 3.05. The predicted molar refractivity (Wildman–Crippen MR) is 67.2 cm³/mol. The number of carbonyl (C=O) groups is 1. The maximum atomic E-state index is 11.5. The smallest absolute Gasteiger partial charge is 0.326 e. The molecule has 1 aromatic heterocycles. The Morgan fingerprint density at radius 1 is 1.35 bits per heavy atom. The van der Waals surface area contributed by atoms with E-state index in [1.54, 1.807) is 0 Å². The van der Waals surface area contributed by atoms with Gasteiger partial charge in [-0.3, -0.25) is 0 Å². The van der Waals surface area contributed by atoms with E-state index >= 15 is 0 Å². The second kappa shape index (κ2) is 4.94. The Morgan fingerprint density at radius 3 is 2.35 bits per heavy atom. The summed E-state index contributed by atoms with van der Waals surface area (Å²) < 4.78 is 1.97. The van der Waals surface area contributed by atoms with E-state index in [1.165, 1.54) is 25.7 Å². The molecule has 1 N–H and O–H groups in total. The van der Waals surface area contributed by atoms with Gasteiger partial charge in [0.2, 0.25) is 0 Å². The molecule has 0 amide bonds. The highest BCUT2D eigenvalue weighted by Gasteiger charge is 2.27. The number of nitrogens with zero attached hydrogens (tertiary/aromatic N) is 1.